The van der Waals surface area contributed by atoms with Gasteiger partial charge in [0.05, 0.1) is 12.3 Å². The molecular weight excluding hydrogens is 560 g/mol. The first-order valence-corrected chi connectivity index (χ1v) is 13.6. The predicted octanol–water partition coefficient (Wildman–Crippen LogP) is 5.09. The Morgan fingerprint density at radius 2 is 1.54 bits per heavy atom. The minimum absolute atomic E-state index is 0.452. The second-order valence-electron chi connectivity index (χ2n) is 10.9. The summed E-state index contributed by atoms with van der Waals surface area (Å²) in [6, 6.07) is 6.26. The summed E-state index contributed by atoms with van der Waals surface area (Å²) in [6.45, 7) is 8.18. The number of alkyl halides is 6. The van der Waals surface area contributed by atoms with E-state index in [1.54, 1.807) is 0 Å². The van der Waals surface area contributed by atoms with Crippen LogP contribution in [0.3, 0.4) is 0 Å². The number of carboxylic acids is 2. The second kappa shape index (κ2) is 15.7. The van der Waals surface area contributed by atoms with Gasteiger partial charge in [-0.1, -0.05) is 25.3 Å². The van der Waals surface area contributed by atoms with Crippen molar-refractivity contribution in [2.45, 2.75) is 63.8 Å². The second-order valence-corrected chi connectivity index (χ2v) is 10.9. The van der Waals surface area contributed by atoms with Gasteiger partial charge in [0.15, 0.2) is 0 Å². The Bertz CT molecular complexity index is 910. The van der Waals surface area contributed by atoms with Gasteiger partial charge in [0.25, 0.3) is 0 Å². The third kappa shape index (κ3) is 11.8. The molecule has 0 radical (unpaired) electrons. The largest absolute Gasteiger partial charge is 0.490 e. The lowest BCUT2D eigenvalue weighted by atomic mass is 9.71. The van der Waals surface area contributed by atoms with E-state index >= 15 is 0 Å². The lowest BCUT2D eigenvalue weighted by Crippen LogP contribution is -2.46. The standard InChI is InChI=1S/C23H37N3O.2C2HF3O2/c1-27-18-21-16-26(17-22-9-5-6-12-24-22)19-23(21)10-13-25(14-11-23)15-20-7-3-2-4-8-20;2*3-2(4,5)1(6)7/h5-6,9,12,20-21H,2-4,7-8,10-11,13-19H2,1H3;2*(H,6,7). The molecule has 2 saturated heterocycles. The van der Waals surface area contributed by atoms with Gasteiger partial charge >= 0.3 is 24.3 Å². The van der Waals surface area contributed by atoms with E-state index in [-0.39, 0.29) is 0 Å². The monoisotopic (exact) mass is 599 g/mol. The Morgan fingerprint density at radius 1 is 0.976 bits per heavy atom. The molecule has 0 aromatic carbocycles. The highest BCUT2D eigenvalue weighted by atomic mass is 19.4. The number of likely N-dealkylation sites (tertiary alicyclic amines) is 2. The summed E-state index contributed by atoms with van der Waals surface area (Å²) in [6.07, 6.45) is 1.74. The number of ether oxygens (including phenoxy) is 1. The average molecular weight is 600 g/mol. The summed E-state index contributed by atoms with van der Waals surface area (Å²) >= 11 is 0. The van der Waals surface area contributed by atoms with Gasteiger partial charge in [-0.15, -0.1) is 0 Å². The van der Waals surface area contributed by atoms with E-state index in [4.69, 9.17) is 24.5 Å². The first-order valence-electron chi connectivity index (χ1n) is 13.6. The van der Waals surface area contributed by atoms with Crippen molar-refractivity contribution in [1.82, 2.24) is 14.8 Å². The number of rotatable bonds is 6. The number of aliphatic carboxylic acids is 2. The van der Waals surface area contributed by atoms with E-state index in [9.17, 15) is 26.3 Å². The summed E-state index contributed by atoms with van der Waals surface area (Å²) < 4.78 is 69.1. The van der Waals surface area contributed by atoms with Crippen molar-refractivity contribution in [2.75, 3.05) is 46.4 Å². The van der Waals surface area contributed by atoms with Gasteiger partial charge < -0.3 is 19.8 Å². The Labute approximate surface area is 235 Å². The number of halogens is 6. The number of carboxylic acid groups (broad SMARTS) is 2. The van der Waals surface area contributed by atoms with Gasteiger partial charge in [0, 0.05) is 45.4 Å². The molecule has 3 aliphatic rings. The normalized spacial score (nSPS) is 21.9. The summed E-state index contributed by atoms with van der Waals surface area (Å²) in [5.41, 5.74) is 1.65. The van der Waals surface area contributed by atoms with Crippen LogP contribution in [0.15, 0.2) is 24.4 Å². The number of methoxy groups -OCH3 is 1. The van der Waals surface area contributed by atoms with Gasteiger partial charge in [0.2, 0.25) is 0 Å². The quantitative estimate of drug-likeness (QED) is 0.436. The fourth-order valence-electron chi connectivity index (χ4n) is 5.90. The molecular formula is C27H39F6N3O5. The average Bonchev–Trinajstić information content (AvgIpc) is 3.22. The molecule has 1 unspecified atom stereocenters. The fourth-order valence-corrected chi connectivity index (χ4v) is 5.90. The summed E-state index contributed by atoms with van der Waals surface area (Å²) in [7, 11) is 1.87. The van der Waals surface area contributed by atoms with E-state index in [0.717, 1.165) is 25.6 Å². The maximum absolute atomic E-state index is 10.6. The Kier molecular flexibility index (Phi) is 13.3. The topological polar surface area (TPSA) is 103 Å². The van der Waals surface area contributed by atoms with Crippen LogP contribution >= 0.6 is 0 Å². The molecule has 1 atom stereocenters. The van der Waals surface area contributed by atoms with E-state index in [1.165, 1.54) is 76.8 Å². The van der Waals surface area contributed by atoms with Gasteiger partial charge in [-0.25, -0.2) is 9.59 Å². The molecule has 1 spiro atoms. The van der Waals surface area contributed by atoms with Crippen molar-refractivity contribution in [3.05, 3.63) is 30.1 Å². The number of nitrogens with zero attached hydrogens (tertiary/aromatic N) is 3. The summed E-state index contributed by atoms with van der Waals surface area (Å²) in [5, 5.41) is 14.2. The molecule has 2 N–H and O–H groups in total. The van der Waals surface area contributed by atoms with Crippen molar-refractivity contribution >= 4 is 11.9 Å². The summed E-state index contributed by atoms with van der Waals surface area (Å²) in [4.78, 5) is 27.7. The molecule has 0 amide bonds. The van der Waals surface area contributed by atoms with Crippen LogP contribution in [0.1, 0.15) is 50.6 Å². The van der Waals surface area contributed by atoms with Crippen molar-refractivity contribution in [3.8, 4) is 0 Å². The SMILES string of the molecule is COCC1CN(Cc2ccccn2)CC12CCN(CC1CCCCC1)CC2.O=C(O)C(F)(F)F.O=C(O)C(F)(F)F. The smallest absolute Gasteiger partial charge is 0.475 e. The van der Waals surface area contributed by atoms with Crippen LogP contribution in [0.2, 0.25) is 0 Å². The number of pyridine rings is 1. The van der Waals surface area contributed by atoms with Crippen molar-refractivity contribution in [3.63, 3.8) is 0 Å². The zero-order valence-electron chi connectivity index (χ0n) is 23.1. The molecule has 3 heterocycles. The Balaban J connectivity index is 0.000000349. The number of carbonyl (C=O) groups is 2. The zero-order chi connectivity index (χ0) is 30.7. The Morgan fingerprint density at radius 3 is 2.00 bits per heavy atom. The van der Waals surface area contributed by atoms with E-state index in [1.807, 2.05) is 19.4 Å². The van der Waals surface area contributed by atoms with Crippen LogP contribution in [-0.2, 0) is 20.9 Å². The molecule has 1 aliphatic carbocycles. The maximum Gasteiger partial charge on any atom is 0.490 e. The number of aromatic nitrogens is 1. The van der Waals surface area contributed by atoms with Crippen LogP contribution in [0.25, 0.3) is 0 Å². The van der Waals surface area contributed by atoms with Crippen LogP contribution in [0, 0.1) is 17.3 Å². The lowest BCUT2D eigenvalue weighted by molar-refractivity contribution is -0.193. The molecule has 8 nitrogen and oxygen atoms in total. The molecule has 3 fully saturated rings. The molecule has 14 heteroatoms. The summed E-state index contributed by atoms with van der Waals surface area (Å²) in [5.74, 6) is -3.88. The minimum atomic E-state index is -5.08. The maximum atomic E-state index is 10.6. The Hall–Kier alpha value is -2.45. The predicted molar refractivity (Wildman–Crippen MR) is 137 cm³/mol. The molecule has 1 saturated carbocycles. The minimum Gasteiger partial charge on any atom is -0.475 e. The fraction of sp³-hybridized carbons (Fsp3) is 0.741. The highest BCUT2D eigenvalue weighted by Gasteiger charge is 2.48. The molecule has 4 rings (SSSR count). The first-order chi connectivity index (χ1) is 19.2. The van der Waals surface area contributed by atoms with Crippen molar-refractivity contribution < 1.29 is 50.9 Å². The molecule has 234 valence electrons. The van der Waals surface area contributed by atoms with Crippen molar-refractivity contribution in [2.24, 2.45) is 17.3 Å². The van der Waals surface area contributed by atoms with Crippen LogP contribution in [0.4, 0.5) is 26.3 Å². The highest BCUT2D eigenvalue weighted by molar-refractivity contribution is 5.73. The molecule has 0 bridgehead atoms. The third-order valence-electron chi connectivity index (χ3n) is 7.94. The third-order valence-corrected chi connectivity index (χ3v) is 7.94. The molecule has 1 aromatic rings. The number of hydrogen-bond donors (Lipinski definition) is 2. The van der Waals surface area contributed by atoms with Crippen LogP contribution in [-0.4, -0.2) is 95.7 Å². The highest BCUT2D eigenvalue weighted by Crippen LogP contribution is 2.45. The van der Waals surface area contributed by atoms with Gasteiger partial charge in [-0.3, -0.25) is 9.88 Å². The van der Waals surface area contributed by atoms with Crippen molar-refractivity contribution in [1.29, 1.82) is 0 Å². The molecule has 2 aliphatic heterocycles. The van der Waals surface area contributed by atoms with Gasteiger partial charge in [-0.05, 0) is 62.2 Å². The number of hydrogen-bond acceptors (Lipinski definition) is 6. The van der Waals surface area contributed by atoms with Crippen LogP contribution in [0.5, 0.6) is 0 Å². The number of piperidine rings is 1. The van der Waals surface area contributed by atoms with E-state index in [0.29, 0.717) is 11.3 Å². The zero-order valence-corrected chi connectivity index (χ0v) is 23.1. The van der Waals surface area contributed by atoms with E-state index < -0.39 is 24.3 Å². The molecule has 41 heavy (non-hydrogen) atoms. The van der Waals surface area contributed by atoms with Gasteiger partial charge in [-0.2, -0.15) is 26.3 Å². The van der Waals surface area contributed by atoms with Gasteiger partial charge in [0.1, 0.15) is 0 Å². The lowest BCUT2D eigenvalue weighted by Gasteiger charge is -2.43. The van der Waals surface area contributed by atoms with E-state index in [2.05, 4.69) is 26.9 Å². The van der Waals surface area contributed by atoms with Crippen LogP contribution < -0.4 is 0 Å². The molecule has 1 aromatic heterocycles. The first kappa shape index (κ1) is 34.7.